The number of benzene rings is 1. The molecule has 0 unspecified atom stereocenters. The van der Waals surface area contributed by atoms with Crippen LogP contribution in [0.4, 0.5) is 0 Å². The van der Waals surface area contributed by atoms with Crippen molar-refractivity contribution in [1.82, 2.24) is 4.90 Å². The molecule has 1 aliphatic heterocycles. The molecular formula is C19H27NO4. The van der Waals surface area contributed by atoms with E-state index in [1.54, 1.807) is 7.11 Å². The van der Waals surface area contributed by atoms with Crippen molar-refractivity contribution >= 4 is 5.97 Å². The third kappa shape index (κ3) is 3.03. The largest absolute Gasteiger partial charge is 0.497 e. The standard InChI is InChI=1S/C19H27NO4/c1-23-16-10-8-14(9-11-16)17-12-20(15-6-4-3-5-7-15)13-19(17,24-2)18(21)22/h8-11,15,17H,3-7,12-13H2,1-2H3,(H,21,22)/t17-,19-/m0/s1. The molecule has 1 N–H and O–H groups in total. The van der Waals surface area contributed by atoms with Gasteiger partial charge in [-0.3, -0.25) is 4.90 Å². The summed E-state index contributed by atoms with van der Waals surface area (Å²) in [6.07, 6.45) is 6.09. The average Bonchev–Trinajstić information content (AvgIpc) is 3.04. The summed E-state index contributed by atoms with van der Waals surface area (Å²) in [6, 6.07) is 8.19. The van der Waals surface area contributed by atoms with E-state index in [4.69, 9.17) is 9.47 Å². The lowest BCUT2D eigenvalue weighted by Gasteiger charge is -2.32. The first-order valence-electron chi connectivity index (χ1n) is 8.77. The third-order valence-electron chi connectivity index (χ3n) is 5.75. The maximum atomic E-state index is 12.1. The number of methoxy groups -OCH3 is 2. The summed E-state index contributed by atoms with van der Waals surface area (Å²) < 4.78 is 10.8. The predicted octanol–water partition coefficient (Wildman–Crippen LogP) is 2.90. The Balaban J connectivity index is 1.89. The Labute approximate surface area is 143 Å². The van der Waals surface area contributed by atoms with E-state index >= 15 is 0 Å². The van der Waals surface area contributed by atoms with Crippen LogP contribution in [0.5, 0.6) is 5.75 Å². The number of nitrogens with zero attached hydrogens (tertiary/aromatic N) is 1. The van der Waals surface area contributed by atoms with E-state index in [1.807, 2.05) is 24.3 Å². The highest BCUT2D eigenvalue weighted by atomic mass is 16.5. The summed E-state index contributed by atoms with van der Waals surface area (Å²) in [5.74, 6) is -0.267. The second-order valence-corrected chi connectivity index (χ2v) is 6.95. The fourth-order valence-corrected chi connectivity index (χ4v) is 4.30. The smallest absolute Gasteiger partial charge is 0.338 e. The van der Waals surface area contributed by atoms with Crippen molar-refractivity contribution in [2.24, 2.45) is 0 Å². The molecule has 24 heavy (non-hydrogen) atoms. The van der Waals surface area contributed by atoms with Crippen molar-refractivity contribution in [3.05, 3.63) is 29.8 Å². The zero-order valence-electron chi connectivity index (χ0n) is 14.5. The van der Waals surface area contributed by atoms with Crippen molar-refractivity contribution in [2.75, 3.05) is 27.3 Å². The number of carboxylic acids is 1. The lowest BCUT2D eigenvalue weighted by atomic mass is 9.84. The Hall–Kier alpha value is -1.59. The highest BCUT2D eigenvalue weighted by Crippen LogP contribution is 2.41. The van der Waals surface area contributed by atoms with Crippen LogP contribution in [0.15, 0.2) is 24.3 Å². The Morgan fingerprint density at radius 3 is 2.38 bits per heavy atom. The van der Waals surface area contributed by atoms with E-state index in [9.17, 15) is 9.90 Å². The van der Waals surface area contributed by atoms with E-state index in [0.29, 0.717) is 12.6 Å². The molecule has 1 aromatic carbocycles. The van der Waals surface area contributed by atoms with Gasteiger partial charge < -0.3 is 14.6 Å². The number of hydrogen-bond acceptors (Lipinski definition) is 4. The van der Waals surface area contributed by atoms with Gasteiger partial charge in [0.25, 0.3) is 0 Å². The van der Waals surface area contributed by atoms with Crippen LogP contribution in [0.2, 0.25) is 0 Å². The molecule has 0 aromatic heterocycles. The maximum Gasteiger partial charge on any atom is 0.338 e. The van der Waals surface area contributed by atoms with Crippen molar-refractivity contribution in [1.29, 1.82) is 0 Å². The lowest BCUT2D eigenvalue weighted by Crippen LogP contribution is -2.48. The minimum Gasteiger partial charge on any atom is -0.497 e. The molecule has 2 aliphatic rings. The summed E-state index contributed by atoms with van der Waals surface area (Å²) in [5.41, 5.74) is -0.176. The van der Waals surface area contributed by atoms with Gasteiger partial charge in [-0.2, -0.15) is 0 Å². The topological polar surface area (TPSA) is 59.0 Å². The monoisotopic (exact) mass is 333 g/mol. The van der Waals surface area contributed by atoms with Crippen molar-refractivity contribution < 1.29 is 19.4 Å². The molecule has 0 bridgehead atoms. The molecule has 1 aliphatic carbocycles. The second-order valence-electron chi connectivity index (χ2n) is 6.95. The molecule has 0 amide bonds. The first-order valence-corrected chi connectivity index (χ1v) is 8.77. The van der Waals surface area contributed by atoms with E-state index in [2.05, 4.69) is 4.90 Å². The second kappa shape index (κ2) is 7.11. The van der Waals surface area contributed by atoms with Crippen molar-refractivity contribution in [2.45, 2.75) is 49.7 Å². The first-order chi connectivity index (χ1) is 11.6. The summed E-state index contributed by atoms with van der Waals surface area (Å²) in [4.78, 5) is 14.5. The fraction of sp³-hybridized carbons (Fsp3) is 0.632. The SMILES string of the molecule is COc1ccc([C@@H]2CN(C3CCCCC3)C[C@@]2(OC)C(=O)O)cc1. The summed E-state index contributed by atoms with van der Waals surface area (Å²) in [5, 5.41) is 9.94. The minimum absolute atomic E-state index is 0.173. The Morgan fingerprint density at radius 1 is 1.17 bits per heavy atom. The Morgan fingerprint density at radius 2 is 1.83 bits per heavy atom. The molecule has 1 aromatic rings. The van der Waals surface area contributed by atoms with Gasteiger partial charge in [-0.05, 0) is 30.5 Å². The van der Waals surface area contributed by atoms with Crippen LogP contribution < -0.4 is 4.74 Å². The molecule has 5 nitrogen and oxygen atoms in total. The molecule has 132 valence electrons. The van der Waals surface area contributed by atoms with Crippen LogP contribution in [0.1, 0.15) is 43.6 Å². The van der Waals surface area contributed by atoms with E-state index < -0.39 is 11.6 Å². The summed E-state index contributed by atoms with van der Waals surface area (Å²) in [7, 11) is 3.15. The van der Waals surface area contributed by atoms with Gasteiger partial charge in [0.15, 0.2) is 5.60 Å². The van der Waals surface area contributed by atoms with Crippen LogP contribution in [0.25, 0.3) is 0 Å². The molecule has 2 fully saturated rings. The highest BCUT2D eigenvalue weighted by molar-refractivity contribution is 5.80. The zero-order valence-corrected chi connectivity index (χ0v) is 14.5. The number of carbonyl (C=O) groups is 1. The molecule has 1 saturated heterocycles. The van der Waals surface area contributed by atoms with Gasteiger partial charge in [0.05, 0.1) is 7.11 Å². The quantitative estimate of drug-likeness (QED) is 0.898. The predicted molar refractivity (Wildman–Crippen MR) is 91.6 cm³/mol. The first kappa shape index (κ1) is 17.2. The molecule has 1 saturated carbocycles. The van der Waals surface area contributed by atoms with Crippen LogP contribution in [0.3, 0.4) is 0 Å². The molecule has 2 atom stereocenters. The van der Waals surface area contributed by atoms with Crippen LogP contribution in [0, 0.1) is 0 Å². The average molecular weight is 333 g/mol. The molecule has 5 heteroatoms. The minimum atomic E-state index is -1.17. The highest BCUT2D eigenvalue weighted by Gasteiger charge is 2.54. The van der Waals surface area contributed by atoms with E-state index in [-0.39, 0.29) is 5.92 Å². The van der Waals surface area contributed by atoms with Gasteiger partial charge in [0, 0.05) is 32.2 Å². The number of ether oxygens (including phenoxy) is 2. The van der Waals surface area contributed by atoms with E-state index in [1.165, 1.54) is 26.4 Å². The zero-order chi connectivity index (χ0) is 17.2. The summed E-state index contributed by atoms with van der Waals surface area (Å²) in [6.45, 7) is 1.19. The van der Waals surface area contributed by atoms with Gasteiger partial charge in [-0.25, -0.2) is 4.79 Å². The number of likely N-dealkylation sites (tertiary alicyclic amines) is 1. The van der Waals surface area contributed by atoms with Gasteiger partial charge in [0.1, 0.15) is 5.75 Å². The van der Waals surface area contributed by atoms with Gasteiger partial charge in [-0.15, -0.1) is 0 Å². The number of carboxylic acid groups (broad SMARTS) is 1. The van der Waals surface area contributed by atoms with E-state index in [0.717, 1.165) is 30.7 Å². The van der Waals surface area contributed by atoms with Gasteiger partial charge >= 0.3 is 5.97 Å². The fourth-order valence-electron chi connectivity index (χ4n) is 4.30. The normalized spacial score (nSPS) is 28.8. The van der Waals surface area contributed by atoms with Gasteiger partial charge in [-0.1, -0.05) is 31.4 Å². The molecule has 0 spiro atoms. The Kier molecular flexibility index (Phi) is 5.11. The van der Waals surface area contributed by atoms with Crippen LogP contribution >= 0.6 is 0 Å². The summed E-state index contributed by atoms with van der Waals surface area (Å²) >= 11 is 0. The third-order valence-corrected chi connectivity index (χ3v) is 5.75. The van der Waals surface area contributed by atoms with Crippen LogP contribution in [-0.4, -0.2) is 54.9 Å². The Bertz CT molecular complexity index is 567. The van der Waals surface area contributed by atoms with Gasteiger partial charge in [0.2, 0.25) is 0 Å². The maximum absolute atomic E-state index is 12.1. The molecule has 3 rings (SSSR count). The molecule has 0 radical (unpaired) electrons. The van der Waals surface area contributed by atoms with Crippen molar-refractivity contribution in [3.63, 3.8) is 0 Å². The van der Waals surface area contributed by atoms with Crippen LogP contribution in [-0.2, 0) is 9.53 Å². The van der Waals surface area contributed by atoms with Crippen molar-refractivity contribution in [3.8, 4) is 5.75 Å². The number of rotatable bonds is 5. The number of hydrogen-bond donors (Lipinski definition) is 1. The molecular weight excluding hydrogens is 306 g/mol. The lowest BCUT2D eigenvalue weighted by molar-refractivity contribution is -0.162. The molecule has 1 heterocycles. The number of aliphatic carboxylic acids is 1.